The minimum Gasteiger partial charge on any atom is -0.490 e. The Morgan fingerprint density at radius 3 is 3.14 bits per heavy atom. The van der Waals surface area contributed by atoms with E-state index >= 15 is 0 Å². The van der Waals surface area contributed by atoms with Crippen LogP contribution >= 0.6 is 0 Å². The zero-order chi connectivity index (χ0) is 14.7. The van der Waals surface area contributed by atoms with Crippen LogP contribution < -0.4 is 15.0 Å². The molecule has 4 heteroatoms. The quantitative estimate of drug-likeness (QED) is 0.893. The first-order valence-corrected chi connectivity index (χ1v) is 8.20. The van der Waals surface area contributed by atoms with E-state index in [4.69, 9.17) is 4.74 Å². The van der Waals surface area contributed by atoms with E-state index in [2.05, 4.69) is 23.2 Å². The number of rotatable bonds is 4. The first-order chi connectivity index (χ1) is 10.3. The summed E-state index contributed by atoms with van der Waals surface area (Å²) in [4.78, 5) is 2.37. The van der Waals surface area contributed by atoms with Crippen LogP contribution in [0.3, 0.4) is 0 Å². The van der Waals surface area contributed by atoms with E-state index in [1.807, 2.05) is 12.1 Å². The highest BCUT2D eigenvalue weighted by Crippen LogP contribution is 2.36. The lowest BCUT2D eigenvalue weighted by Gasteiger charge is -2.33. The Morgan fingerprint density at radius 2 is 2.38 bits per heavy atom. The van der Waals surface area contributed by atoms with E-state index in [0.29, 0.717) is 5.92 Å². The van der Waals surface area contributed by atoms with Crippen LogP contribution in [0, 0.1) is 5.92 Å². The van der Waals surface area contributed by atoms with Crippen molar-refractivity contribution in [2.75, 3.05) is 37.7 Å². The zero-order valence-corrected chi connectivity index (χ0v) is 12.8. The average Bonchev–Trinajstić information content (AvgIpc) is 2.55. The number of piperidine rings is 1. The van der Waals surface area contributed by atoms with E-state index in [1.54, 1.807) is 0 Å². The molecule has 2 aliphatic rings. The number of aliphatic hydroxyl groups excluding tert-OH is 1. The van der Waals surface area contributed by atoms with Crippen molar-refractivity contribution in [2.45, 2.75) is 32.3 Å². The van der Waals surface area contributed by atoms with Crippen LogP contribution in [-0.2, 0) is 0 Å². The van der Waals surface area contributed by atoms with Crippen molar-refractivity contribution >= 4 is 5.69 Å². The van der Waals surface area contributed by atoms with Gasteiger partial charge in [-0.25, -0.2) is 0 Å². The minimum atomic E-state index is -0.381. The minimum absolute atomic E-state index is 0.320. The van der Waals surface area contributed by atoms with Gasteiger partial charge < -0.3 is 20.1 Å². The molecule has 2 N–H and O–H groups in total. The monoisotopic (exact) mass is 290 g/mol. The maximum Gasteiger partial charge on any atom is 0.142 e. The summed E-state index contributed by atoms with van der Waals surface area (Å²) >= 11 is 0. The number of aliphatic hydroxyl groups is 1. The van der Waals surface area contributed by atoms with Crippen LogP contribution in [0.15, 0.2) is 18.2 Å². The van der Waals surface area contributed by atoms with Gasteiger partial charge >= 0.3 is 0 Å². The molecule has 1 saturated heterocycles. The van der Waals surface area contributed by atoms with Gasteiger partial charge in [0.1, 0.15) is 12.4 Å². The Morgan fingerprint density at radius 1 is 1.48 bits per heavy atom. The van der Waals surface area contributed by atoms with Crippen LogP contribution in [0.2, 0.25) is 0 Å². The Bertz CT molecular complexity index is 472. The Kier molecular flexibility index (Phi) is 4.66. The molecule has 0 aromatic heterocycles. The third-order valence-corrected chi connectivity index (χ3v) is 4.56. The second kappa shape index (κ2) is 6.67. The second-order valence-electron chi connectivity index (χ2n) is 6.11. The van der Waals surface area contributed by atoms with Crippen LogP contribution in [0.1, 0.15) is 37.9 Å². The van der Waals surface area contributed by atoms with Crippen molar-refractivity contribution in [2.24, 2.45) is 5.92 Å². The molecule has 4 nitrogen and oxygen atoms in total. The topological polar surface area (TPSA) is 44.7 Å². The van der Waals surface area contributed by atoms with E-state index in [0.717, 1.165) is 69.0 Å². The predicted molar refractivity (Wildman–Crippen MR) is 85.0 cm³/mol. The molecule has 3 rings (SSSR count). The Labute approximate surface area is 127 Å². The molecular formula is C17H26N2O2. The highest BCUT2D eigenvalue weighted by atomic mass is 16.5. The molecule has 2 unspecified atom stereocenters. The molecule has 0 saturated carbocycles. The lowest BCUT2D eigenvalue weighted by molar-refractivity contribution is 0.0921. The summed E-state index contributed by atoms with van der Waals surface area (Å²) in [5.74, 6) is 1.27. The fraction of sp³-hybridized carbons (Fsp3) is 0.647. The molecule has 0 aliphatic carbocycles. The smallest absolute Gasteiger partial charge is 0.142 e. The van der Waals surface area contributed by atoms with Crippen molar-refractivity contribution < 1.29 is 9.84 Å². The number of benzene rings is 1. The number of ether oxygens (including phenoxy) is 1. The van der Waals surface area contributed by atoms with Gasteiger partial charge in [-0.2, -0.15) is 0 Å². The number of nitrogens with zero attached hydrogens (tertiary/aromatic N) is 1. The number of hydrogen-bond acceptors (Lipinski definition) is 4. The first-order valence-electron chi connectivity index (χ1n) is 8.20. The van der Waals surface area contributed by atoms with Gasteiger partial charge in [0.25, 0.3) is 0 Å². The molecule has 2 atom stereocenters. The van der Waals surface area contributed by atoms with Crippen LogP contribution in [-0.4, -0.2) is 37.9 Å². The summed E-state index contributed by atoms with van der Waals surface area (Å²) in [5.41, 5.74) is 2.16. The Hall–Kier alpha value is -1.26. The normalized spacial score (nSPS) is 23.3. The third kappa shape index (κ3) is 3.16. The molecule has 1 aromatic rings. The molecule has 2 aliphatic heterocycles. The summed E-state index contributed by atoms with van der Waals surface area (Å²) in [6.07, 6.45) is 2.99. The van der Waals surface area contributed by atoms with Gasteiger partial charge in [-0.1, -0.05) is 13.0 Å². The first kappa shape index (κ1) is 14.7. The van der Waals surface area contributed by atoms with Crippen LogP contribution in [0.25, 0.3) is 0 Å². The second-order valence-corrected chi connectivity index (χ2v) is 6.11. The van der Waals surface area contributed by atoms with Gasteiger partial charge in [-0.05, 0) is 43.5 Å². The Balaban J connectivity index is 1.81. The zero-order valence-electron chi connectivity index (χ0n) is 12.8. The highest BCUT2D eigenvalue weighted by molar-refractivity contribution is 5.61. The van der Waals surface area contributed by atoms with E-state index in [9.17, 15) is 5.11 Å². The standard InChI is InChI=1S/C17H26N2O2/c1-2-8-19-9-10-21-16-6-5-13(11-15(16)19)17(20)14-4-3-7-18-12-14/h5-6,11,14,17-18,20H,2-4,7-10,12H2,1H3. The molecule has 1 fully saturated rings. The van der Waals surface area contributed by atoms with Gasteiger partial charge in [-0.3, -0.25) is 0 Å². The highest BCUT2D eigenvalue weighted by Gasteiger charge is 2.25. The summed E-state index contributed by atoms with van der Waals surface area (Å²) < 4.78 is 5.74. The van der Waals surface area contributed by atoms with E-state index in [1.165, 1.54) is 0 Å². The molecule has 21 heavy (non-hydrogen) atoms. The number of fused-ring (bicyclic) bond motifs is 1. The molecule has 1 aromatic carbocycles. The van der Waals surface area contributed by atoms with E-state index in [-0.39, 0.29) is 6.10 Å². The van der Waals surface area contributed by atoms with Crippen molar-refractivity contribution in [3.8, 4) is 5.75 Å². The van der Waals surface area contributed by atoms with Gasteiger partial charge in [0.05, 0.1) is 18.3 Å². The third-order valence-electron chi connectivity index (χ3n) is 4.56. The van der Waals surface area contributed by atoms with Gasteiger partial charge in [0.2, 0.25) is 0 Å². The molecular weight excluding hydrogens is 264 g/mol. The van der Waals surface area contributed by atoms with Crippen molar-refractivity contribution in [3.63, 3.8) is 0 Å². The summed E-state index contributed by atoms with van der Waals surface area (Å²) in [7, 11) is 0. The van der Waals surface area contributed by atoms with Gasteiger partial charge in [0, 0.05) is 19.0 Å². The van der Waals surface area contributed by atoms with Crippen LogP contribution in [0.4, 0.5) is 5.69 Å². The van der Waals surface area contributed by atoms with Crippen molar-refractivity contribution in [1.82, 2.24) is 5.32 Å². The average molecular weight is 290 g/mol. The van der Waals surface area contributed by atoms with E-state index < -0.39 is 0 Å². The maximum absolute atomic E-state index is 10.7. The van der Waals surface area contributed by atoms with Gasteiger partial charge in [0.15, 0.2) is 0 Å². The number of hydrogen-bond donors (Lipinski definition) is 2. The van der Waals surface area contributed by atoms with Crippen molar-refractivity contribution in [1.29, 1.82) is 0 Å². The maximum atomic E-state index is 10.7. The SMILES string of the molecule is CCCN1CCOc2ccc(C(O)C3CCCNC3)cc21. The fourth-order valence-corrected chi connectivity index (χ4v) is 3.40. The summed E-state index contributed by atoms with van der Waals surface area (Å²) in [5, 5.41) is 14.0. The lowest BCUT2D eigenvalue weighted by atomic mass is 9.89. The van der Waals surface area contributed by atoms with Gasteiger partial charge in [-0.15, -0.1) is 0 Å². The molecule has 116 valence electrons. The number of anilines is 1. The van der Waals surface area contributed by atoms with Crippen LogP contribution in [0.5, 0.6) is 5.75 Å². The van der Waals surface area contributed by atoms with Crippen molar-refractivity contribution in [3.05, 3.63) is 23.8 Å². The molecule has 2 heterocycles. The predicted octanol–water partition coefficient (Wildman–Crippen LogP) is 2.33. The fourth-order valence-electron chi connectivity index (χ4n) is 3.40. The largest absolute Gasteiger partial charge is 0.490 e. The molecule has 0 amide bonds. The molecule has 0 spiro atoms. The molecule has 0 radical (unpaired) electrons. The number of nitrogens with one attached hydrogen (secondary N) is 1. The summed E-state index contributed by atoms with van der Waals surface area (Å²) in [6, 6.07) is 6.17. The lowest BCUT2D eigenvalue weighted by Crippen LogP contribution is -2.34. The summed E-state index contributed by atoms with van der Waals surface area (Å²) in [6.45, 7) is 6.91. The molecule has 0 bridgehead atoms.